The summed E-state index contributed by atoms with van der Waals surface area (Å²) in [6.07, 6.45) is 3.63. The van der Waals surface area contributed by atoms with Crippen molar-refractivity contribution >= 4 is 17.7 Å². The summed E-state index contributed by atoms with van der Waals surface area (Å²) in [6.45, 7) is 6.30. The van der Waals surface area contributed by atoms with Gasteiger partial charge in [0.1, 0.15) is 11.6 Å². The maximum Gasteiger partial charge on any atom is 0.320 e. The van der Waals surface area contributed by atoms with Crippen LogP contribution in [0, 0.1) is 0 Å². The fourth-order valence-corrected chi connectivity index (χ4v) is 3.54. The lowest BCUT2D eigenvalue weighted by Crippen LogP contribution is -2.57. The number of hydrogen-bond donors (Lipinski definition) is 0. The van der Waals surface area contributed by atoms with Crippen LogP contribution in [0.1, 0.15) is 0 Å². The van der Waals surface area contributed by atoms with Crippen molar-refractivity contribution in [2.24, 2.45) is 0 Å². The molecule has 2 aliphatic heterocycles. The monoisotopic (exact) mass is 352 g/mol. The van der Waals surface area contributed by atoms with Crippen molar-refractivity contribution in [3.8, 4) is 0 Å². The van der Waals surface area contributed by atoms with Gasteiger partial charge in [-0.1, -0.05) is 12.1 Å². The smallest absolute Gasteiger partial charge is 0.320 e. The van der Waals surface area contributed by atoms with Gasteiger partial charge in [-0.05, 0) is 24.3 Å². The van der Waals surface area contributed by atoms with E-state index in [1.165, 1.54) is 0 Å². The highest BCUT2D eigenvalue weighted by Gasteiger charge is 2.28. The van der Waals surface area contributed by atoms with Crippen LogP contribution in [0.15, 0.2) is 48.8 Å². The summed E-state index contributed by atoms with van der Waals surface area (Å²) in [6, 6.07) is 12.1. The Hall–Kier alpha value is -2.83. The van der Waals surface area contributed by atoms with Crippen molar-refractivity contribution in [2.75, 3.05) is 62.2 Å². The number of hydrogen-bond acceptors (Lipinski definition) is 5. The summed E-state index contributed by atoms with van der Waals surface area (Å²) >= 11 is 0. The summed E-state index contributed by atoms with van der Waals surface area (Å²) in [5.41, 5.74) is 0. The Morgan fingerprint density at radius 1 is 0.654 bits per heavy atom. The topological polar surface area (TPSA) is 55.8 Å². The van der Waals surface area contributed by atoms with Crippen molar-refractivity contribution in [1.82, 2.24) is 19.8 Å². The average Bonchev–Trinajstić information content (AvgIpc) is 2.75. The second-order valence-corrected chi connectivity index (χ2v) is 6.61. The van der Waals surface area contributed by atoms with Crippen LogP contribution in [0.3, 0.4) is 0 Å². The standard InChI is InChI=1S/C19H24N6O/c26-19(24-13-9-22(10-14-24)17-5-1-3-7-20-17)25-15-11-23(12-16-25)18-6-2-4-8-21-18/h1-8H,9-16H2. The molecular weight excluding hydrogens is 328 g/mol. The molecule has 2 aromatic heterocycles. The Bertz CT molecular complexity index is 648. The van der Waals surface area contributed by atoms with E-state index in [1.807, 2.05) is 58.6 Å². The largest absolute Gasteiger partial charge is 0.353 e. The van der Waals surface area contributed by atoms with Crippen LogP contribution in [-0.2, 0) is 0 Å². The molecule has 0 bridgehead atoms. The molecule has 0 unspecified atom stereocenters. The molecule has 136 valence electrons. The third kappa shape index (κ3) is 3.56. The number of urea groups is 1. The SMILES string of the molecule is O=C(N1CCN(c2ccccn2)CC1)N1CCN(c2ccccn2)CC1. The highest BCUT2D eigenvalue weighted by Crippen LogP contribution is 2.16. The van der Waals surface area contributed by atoms with E-state index in [-0.39, 0.29) is 6.03 Å². The zero-order valence-corrected chi connectivity index (χ0v) is 14.9. The Morgan fingerprint density at radius 3 is 1.42 bits per heavy atom. The van der Waals surface area contributed by atoms with Gasteiger partial charge in [0.15, 0.2) is 0 Å². The van der Waals surface area contributed by atoms with Gasteiger partial charge in [0.05, 0.1) is 0 Å². The number of anilines is 2. The van der Waals surface area contributed by atoms with E-state index in [0.29, 0.717) is 0 Å². The number of pyridine rings is 2. The van der Waals surface area contributed by atoms with E-state index < -0.39 is 0 Å². The van der Waals surface area contributed by atoms with Gasteiger partial charge >= 0.3 is 6.03 Å². The maximum absolute atomic E-state index is 12.8. The van der Waals surface area contributed by atoms with Gasteiger partial charge in [0.2, 0.25) is 0 Å². The number of piperazine rings is 2. The summed E-state index contributed by atoms with van der Waals surface area (Å²) in [4.78, 5) is 30.0. The number of rotatable bonds is 2. The minimum absolute atomic E-state index is 0.159. The Kier molecular flexibility index (Phi) is 4.86. The molecule has 0 spiro atoms. The predicted octanol–water partition coefficient (Wildman–Crippen LogP) is 1.54. The molecule has 2 saturated heterocycles. The first-order valence-electron chi connectivity index (χ1n) is 9.17. The fraction of sp³-hybridized carbons (Fsp3) is 0.421. The highest BCUT2D eigenvalue weighted by molar-refractivity contribution is 5.75. The maximum atomic E-state index is 12.8. The molecule has 2 aromatic rings. The van der Waals surface area contributed by atoms with E-state index in [1.54, 1.807) is 0 Å². The van der Waals surface area contributed by atoms with Crippen LogP contribution in [0.4, 0.5) is 16.4 Å². The Morgan fingerprint density at radius 2 is 1.08 bits per heavy atom. The van der Waals surface area contributed by atoms with E-state index in [9.17, 15) is 4.79 Å². The number of amides is 2. The van der Waals surface area contributed by atoms with Crippen LogP contribution in [0.25, 0.3) is 0 Å². The zero-order chi connectivity index (χ0) is 17.8. The molecule has 7 nitrogen and oxygen atoms in total. The van der Waals surface area contributed by atoms with E-state index in [2.05, 4.69) is 19.8 Å². The molecule has 2 aliphatic rings. The molecule has 2 fully saturated rings. The lowest BCUT2D eigenvalue weighted by Gasteiger charge is -2.41. The molecular formula is C19H24N6O. The number of carbonyl (C=O) groups is 1. The molecule has 2 amide bonds. The zero-order valence-electron chi connectivity index (χ0n) is 14.9. The average molecular weight is 352 g/mol. The van der Waals surface area contributed by atoms with Crippen molar-refractivity contribution in [3.05, 3.63) is 48.8 Å². The Labute approximate surface area is 153 Å². The molecule has 0 radical (unpaired) electrons. The van der Waals surface area contributed by atoms with Crippen molar-refractivity contribution < 1.29 is 4.79 Å². The quantitative estimate of drug-likeness (QED) is 0.821. The first-order valence-corrected chi connectivity index (χ1v) is 9.17. The lowest BCUT2D eigenvalue weighted by atomic mass is 10.3. The Balaban J connectivity index is 1.28. The van der Waals surface area contributed by atoms with Gasteiger partial charge < -0.3 is 19.6 Å². The van der Waals surface area contributed by atoms with Gasteiger partial charge in [-0.3, -0.25) is 0 Å². The van der Waals surface area contributed by atoms with Crippen LogP contribution in [0.2, 0.25) is 0 Å². The normalized spacial score (nSPS) is 18.2. The summed E-state index contributed by atoms with van der Waals surface area (Å²) in [5, 5.41) is 0. The van der Waals surface area contributed by atoms with Crippen LogP contribution in [-0.4, -0.2) is 78.2 Å². The van der Waals surface area contributed by atoms with Crippen molar-refractivity contribution in [2.45, 2.75) is 0 Å². The molecule has 0 saturated carbocycles. The van der Waals surface area contributed by atoms with Crippen LogP contribution in [0.5, 0.6) is 0 Å². The third-order valence-corrected chi connectivity index (χ3v) is 5.05. The van der Waals surface area contributed by atoms with Crippen molar-refractivity contribution in [1.29, 1.82) is 0 Å². The highest BCUT2D eigenvalue weighted by atomic mass is 16.2. The molecule has 4 rings (SSSR count). The number of aromatic nitrogens is 2. The van der Waals surface area contributed by atoms with E-state index in [4.69, 9.17) is 0 Å². The van der Waals surface area contributed by atoms with Gasteiger partial charge in [0.25, 0.3) is 0 Å². The lowest BCUT2D eigenvalue weighted by molar-refractivity contribution is 0.147. The summed E-state index contributed by atoms with van der Waals surface area (Å²) < 4.78 is 0. The molecule has 0 N–H and O–H groups in total. The van der Waals surface area contributed by atoms with Gasteiger partial charge in [-0.15, -0.1) is 0 Å². The third-order valence-electron chi connectivity index (χ3n) is 5.05. The molecule has 0 atom stereocenters. The van der Waals surface area contributed by atoms with Crippen LogP contribution < -0.4 is 9.80 Å². The van der Waals surface area contributed by atoms with Gasteiger partial charge in [0, 0.05) is 64.8 Å². The van der Waals surface area contributed by atoms with Crippen LogP contribution >= 0.6 is 0 Å². The number of carbonyl (C=O) groups excluding carboxylic acids is 1. The second kappa shape index (κ2) is 7.59. The van der Waals surface area contributed by atoms with E-state index in [0.717, 1.165) is 64.0 Å². The van der Waals surface area contributed by atoms with Gasteiger partial charge in [-0.2, -0.15) is 0 Å². The summed E-state index contributed by atoms with van der Waals surface area (Å²) in [5.74, 6) is 1.98. The van der Waals surface area contributed by atoms with Gasteiger partial charge in [-0.25, -0.2) is 14.8 Å². The minimum Gasteiger partial charge on any atom is -0.353 e. The first-order chi connectivity index (χ1) is 12.8. The molecule has 0 aromatic carbocycles. The molecule has 26 heavy (non-hydrogen) atoms. The number of nitrogens with zero attached hydrogens (tertiary/aromatic N) is 6. The molecule has 7 heteroatoms. The second-order valence-electron chi connectivity index (χ2n) is 6.61. The molecule has 0 aliphatic carbocycles. The summed E-state index contributed by atoms with van der Waals surface area (Å²) in [7, 11) is 0. The van der Waals surface area contributed by atoms with Crippen molar-refractivity contribution in [3.63, 3.8) is 0 Å². The van der Waals surface area contributed by atoms with E-state index >= 15 is 0 Å². The fourth-order valence-electron chi connectivity index (χ4n) is 3.54. The predicted molar refractivity (Wildman–Crippen MR) is 101 cm³/mol. The first kappa shape index (κ1) is 16.6. The minimum atomic E-state index is 0.159. The molecule has 4 heterocycles.